The summed E-state index contributed by atoms with van der Waals surface area (Å²) in [5.74, 6) is -0.148. The SMILES string of the molecule is CCCCC[C@@H](/C=C/[C@@H]1[C@H]2C[C@H]([C@H](O)CCCC(=O)OC)O[C@@H]1C[C@H]2O[Si](C)(C)C(C)(C)C)OC(C)=O. The van der Waals surface area contributed by atoms with Crippen LogP contribution in [0, 0.1) is 11.8 Å². The van der Waals surface area contributed by atoms with Crippen molar-refractivity contribution in [2.45, 2.75) is 141 Å². The van der Waals surface area contributed by atoms with E-state index in [1.165, 1.54) is 14.0 Å². The summed E-state index contributed by atoms with van der Waals surface area (Å²) in [5, 5.41) is 11.0. The zero-order chi connectivity index (χ0) is 27.8. The minimum absolute atomic E-state index is 0.0568. The van der Waals surface area contributed by atoms with Crippen molar-refractivity contribution in [3.63, 3.8) is 0 Å². The molecule has 8 heteroatoms. The van der Waals surface area contributed by atoms with Crippen LogP contribution in [0.25, 0.3) is 0 Å². The molecule has 7 atom stereocenters. The van der Waals surface area contributed by atoms with E-state index in [0.717, 1.165) is 32.1 Å². The summed E-state index contributed by atoms with van der Waals surface area (Å²) in [6, 6.07) is 0. The highest BCUT2D eigenvalue weighted by atomic mass is 28.4. The largest absolute Gasteiger partial charge is 0.469 e. The highest BCUT2D eigenvalue weighted by Crippen LogP contribution is 2.49. The molecule has 0 radical (unpaired) electrons. The van der Waals surface area contributed by atoms with Crippen molar-refractivity contribution < 1.29 is 33.3 Å². The third-order valence-corrected chi connectivity index (χ3v) is 13.0. The molecule has 1 aliphatic carbocycles. The summed E-state index contributed by atoms with van der Waals surface area (Å²) in [5.41, 5.74) is 0. The fraction of sp³-hybridized carbons (Fsp3) is 0.862. The number of ether oxygens (including phenoxy) is 3. The molecular weight excluding hydrogens is 488 g/mol. The number of unbranched alkanes of at least 4 members (excludes halogenated alkanes) is 2. The predicted molar refractivity (Wildman–Crippen MR) is 148 cm³/mol. The summed E-state index contributed by atoms with van der Waals surface area (Å²) in [4.78, 5) is 23.2. The van der Waals surface area contributed by atoms with Gasteiger partial charge >= 0.3 is 11.9 Å². The van der Waals surface area contributed by atoms with Crippen molar-refractivity contribution in [2.24, 2.45) is 11.8 Å². The highest BCUT2D eigenvalue weighted by Gasteiger charge is 2.52. The second-order valence-corrected chi connectivity index (χ2v) is 17.2. The summed E-state index contributed by atoms with van der Waals surface area (Å²) >= 11 is 0. The van der Waals surface area contributed by atoms with E-state index < -0.39 is 14.4 Å². The average Bonchev–Trinajstić information content (AvgIpc) is 2.98. The smallest absolute Gasteiger partial charge is 0.305 e. The Bertz CT molecular complexity index is 760. The normalized spacial score (nSPS) is 27.8. The number of carbonyl (C=O) groups excluding carboxylic acids is 2. The molecule has 0 amide bonds. The van der Waals surface area contributed by atoms with Gasteiger partial charge in [-0.05, 0) is 68.7 Å². The lowest BCUT2D eigenvalue weighted by Gasteiger charge is -2.41. The minimum Gasteiger partial charge on any atom is -0.469 e. The van der Waals surface area contributed by atoms with Crippen LogP contribution in [-0.2, 0) is 28.2 Å². The Morgan fingerprint density at radius 2 is 1.84 bits per heavy atom. The van der Waals surface area contributed by atoms with Crippen LogP contribution >= 0.6 is 0 Å². The van der Waals surface area contributed by atoms with E-state index in [1.807, 2.05) is 6.08 Å². The van der Waals surface area contributed by atoms with Crippen molar-refractivity contribution in [3.05, 3.63) is 12.2 Å². The Hall–Kier alpha value is -1.22. The quantitative estimate of drug-likeness (QED) is 0.126. The molecule has 1 aliphatic heterocycles. The number of methoxy groups -OCH3 is 1. The lowest BCUT2D eigenvalue weighted by Crippen LogP contribution is -2.46. The van der Waals surface area contributed by atoms with Crippen LogP contribution in [0.1, 0.15) is 92.4 Å². The molecule has 0 aromatic carbocycles. The van der Waals surface area contributed by atoms with Gasteiger partial charge in [0.25, 0.3) is 0 Å². The molecule has 0 aromatic heterocycles. The number of fused-ring (bicyclic) bond motifs is 2. The van der Waals surface area contributed by atoms with Crippen LogP contribution in [0.3, 0.4) is 0 Å². The van der Waals surface area contributed by atoms with Gasteiger partial charge in [-0.1, -0.05) is 46.6 Å². The van der Waals surface area contributed by atoms with Gasteiger partial charge in [-0.15, -0.1) is 0 Å². The van der Waals surface area contributed by atoms with E-state index in [4.69, 9.17) is 18.6 Å². The van der Waals surface area contributed by atoms with E-state index in [0.29, 0.717) is 25.7 Å². The second-order valence-electron chi connectivity index (χ2n) is 12.4. The Kier molecular flexibility index (Phi) is 12.3. The maximum absolute atomic E-state index is 11.7. The number of aliphatic hydroxyl groups is 1. The Balaban J connectivity index is 2.17. The molecule has 1 N–H and O–H groups in total. The van der Waals surface area contributed by atoms with Crippen LogP contribution < -0.4 is 0 Å². The standard InChI is InChI=1S/C29H52O7Si/c1-9-10-11-13-21(34-20(2)30)16-17-22-23-18-27(24(31)14-12-15-28(32)33-6)35-25(22)19-26(23)36-37(7,8)29(3,4)5/h16-17,21-27,31H,9-15,18-19H2,1-8H3/b17-16+/t21-,22+,23+,24+,25+,26+,27+/m0/s1. The molecule has 1 saturated carbocycles. The van der Waals surface area contributed by atoms with Gasteiger partial charge < -0.3 is 23.7 Å². The topological polar surface area (TPSA) is 91.3 Å². The van der Waals surface area contributed by atoms with E-state index in [-0.39, 0.29) is 53.2 Å². The first-order chi connectivity index (χ1) is 17.3. The van der Waals surface area contributed by atoms with Crippen LogP contribution in [0.4, 0.5) is 0 Å². The molecule has 0 spiro atoms. The number of hydrogen-bond donors (Lipinski definition) is 1. The monoisotopic (exact) mass is 540 g/mol. The molecule has 214 valence electrons. The molecule has 0 aromatic rings. The molecule has 1 saturated heterocycles. The fourth-order valence-electron chi connectivity index (χ4n) is 5.29. The Morgan fingerprint density at radius 3 is 2.43 bits per heavy atom. The van der Waals surface area contributed by atoms with Crippen molar-refractivity contribution in [1.29, 1.82) is 0 Å². The van der Waals surface area contributed by atoms with Crippen LogP contribution in [-0.4, -0.2) is 63.0 Å². The Labute approximate surface area is 225 Å². The summed E-state index contributed by atoms with van der Waals surface area (Å²) in [6.07, 6.45) is 10.0. The van der Waals surface area contributed by atoms with Gasteiger partial charge in [-0.2, -0.15) is 0 Å². The van der Waals surface area contributed by atoms with E-state index in [2.05, 4.69) is 46.9 Å². The van der Waals surface area contributed by atoms with Gasteiger partial charge in [0.05, 0.1) is 31.5 Å². The van der Waals surface area contributed by atoms with E-state index in [1.54, 1.807) is 0 Å². The summed E-state index contributed by atoms with van der Waals surface area (Å²) < 4.78 is 23.7. The first kappa shape index (κ1) is 32.0. The first-order valence-electron chi connectivity index (χ1n) is 14.2. The fourth-order valence-corrected chi connectivity index (χ4v) is 6.67. The first-order valence-corrected chi connectivity index (χ1v) is 17.1. The third-order valence-electron chi connectivity index (χ3n) is 8.47. The van der Waals surface area contributed by atoms with Gasteiger partial charge in [-0.3, -0.25) is 9.59 Å². The molecule has 2 aliphatic rings. The van der Waals surface area contributed by atoms with Crippen LogP contribution in [0.2, 0.25) is 18.1 Å². The zero-order valence-corrected chi connectivity index (χ0v) is 25.5. The maximum atomic E-state index is 11.7. The third kappa shape index (κ3) is 9.48. The van der Waals surface area contributed by atoms with Crippen molar-refractivity contribution in [3.8, 4) is 0 Å². The molecule has 2 fully saturated rings. The van der Waals surface area contributed by atoms with Crippen LogP contribution in [0.5, 0.6) is 0 Å². The van der Waals surface area contributed by atoms with Crippen molar-refractivity contribution in [2.75, 3.05) is 7.11 Å². The average molecular weight is 541 g/mol. The second kappa shape index (κ2) is 14.2. The number of carbonyl (C=O) groups is 2. The molecule has 2 rings (SSSR count). The molecular formula is C29H52O7Si. The molecule has 0 unspecified atom stereocenters. The van der Waals surface area contributed by atoms with E-state index in [9.17, 15) is 14.7 Å². The maximum Gasteiger partial charge on any atom is 0.305 e. The molecule has 37 heavy (non-hydrogen) atoms. The van der Waals surface area contributed by atoms with Crippen molar-refractivity contribution >= 4 is 20.3 Å². The van der Waals surface area contributed by atoms with Gasteiger partial charge in [0.15, 0.2) is 8.32 Å². The Morgan fingerprint density at radius 1 is 1.14 bits per heavy atom. The number of hydrogen-bond acceptors (Lipinski definition) is 7. The summed E-state index contributed by atoms with van der Waals surface area (Å²) in [7, 11) is -0.616. The van der Waals surface area contributed by atoms with Crippen molar-refractivity contribution in [1.82, 2.24) is 0 Å². The van der Waals surface area contributed by atoms with Gasteiger partial charge in [0, 0.05) is 19.3 Å². The zero-order valence-electron chi connectivity index (χ0n) is 24.5. The van der Waals surface area contributed by atoms with Gasteiger partial charge in [0.1, 0.15) is 6.10 Å². The number of aliphatic hydroxyl groups excluding tert-OH is 1. The van der Waals surface area contributed by atoms with Gasteiger partial charge in [0.2, 0.25) is 0 Å². The number of rotatable bonds is 14. The minimum atomic E-state index is -2.00. The highest BCUT2D eigenvalue weighted by molar-refractivity contribution is 6.74. The van der Waals surface area contributed by atoms with Crippen LogP contribution in [0.15, 0.2) is 12.2 Å². The lowest BCUT2D eigenvalue weighted by molar-refractivity contribution is -0.144. The molecule has 1 heterocycles. The predicted octanol–water partition coefficient (Wildman–Crippen LogP) is 5.94. The molecule has 7 nitrogen and oxygen atoms in total. The molecule has 2 bridgehead atoms. The summed E-state index contributed by atoms with van der Waals surface area (Å²) in [6.45, 7) is 14.9. The van der Waals surface area contributed by atoms with E-state index >= 15 is 0 Å². The number of esters is 2. The van der Waals surface area contributed by atoms with Gasteiger partial charge in [-0.25, -0.2) is 0 Å². The lowest BCUT2D eigenvalue weighted by atomic mass is 9.83.